The minimum absolute atomic E-state index is 0.0448. The first kappa shape index (κ1) is 25.6. The number of hydrogen-bond donors (Lipinski definition) is 0. The molecule has 2 atom stereocenters. The van der Waals surface area contributed by atoms with Crippen molar-refractivity contribution in [3.8, 4) is 17.3 Å². The van der Waals surface area contributed by atoms with E-state index in [9.17, 15) is 0 Å². The van der Waals surface area contributed by atoms with Crippen LogP contribution < -0.4 is 9.64 Å². The van der Waals surface area contributed by atoms with Crippen molar-refractivity contribution < 1.29 is 13.6 Å². The van der Waals surface area contributed by atoms with Crippen molar-refractivity contribution in [1.29, 1.82) is 0 Å². The van der Waals surface area contributed by atoms with Gasteiger partial charge in [-0.2, -0.15) is 9.97 Å². The van der Waals surface area contributed by atoms with E-state index < -0.39 is 5.82 Å². The summed E-state index contributed by atoms with van der Waals surface area (Å²) in [6.07, 6.45) is 10.8. The van der Waals surface area contributed by atoms with Gasteiger partial charge in [0.05, 0.1) is 24.0 Å². The first-order valence-electron chi connectivity index (χ1n) is 14.9. The molecule has 7 heterocycles. The fraction of sp³-hybridized carbons (Fsp3) is 0.484. The summed E-state index contributed by atoms with van der Waals surface area (Å²) < 4.78 is 24.1. The molecule has 212 valence electrons. The molecule has 0 bridgehead atoms. The van der Waals surface area contributed by atoms with Crippen molar-refractivity contribution in [2.75, 3.05) is 50.9 Å². The zero-order valence-corrected chi connectivity index (χ0v) is 24.1. The highest BCUT2D eigenvalue weighted by atomic mass is 35.5. The molecule has 4 fully saturated rings. The van der Waals surface area contributed by atoms with Gasteiger partial charge in [0.25, 0.3) is 0 Å². The fourth-order valence-electron chi connectivity index (χ4n) is 7.92. The lowest BCUT2D eigenvalue weighted by molar-refractivity contribution is -0.802. The molecule has 0 amide bonds. The van der Waals surface area contributed by atoms with Crippen molar-refractivity contribution in [2.45, 2.75) is 50.6 Å². The topological polar surface area (TPSA) is 67.3 Å². The molecule has 4 aliphatic rings. The van der Waals surface area contributed by atoms with Crippen LogP contribution in [0.2, 0.25) is 5.02 Å². The van der Waals surface area contributed by atoms with Crippen LogP contribution in [0.3, 0.4) is 0 Å². The molecule has 2 unspecified atom stereocenters. The van der Waals surface area contributed by atoms with Crippen LogP contribution in [0.4, 0.5) is 10.2 Å². The predicted molar refractivity (Wildman–Crippen MR) is 158 cm³/mol. The zero-order valence-electron chi connectivity index (χ0n) is 23.3. The van der Waals surface area contributed by atoms with E-state index in [-0.39, 0.29) is 22.8 Å². The van der Waals surface area contributed by atoms with Gasteiger partial charge in [0.2, 0.25) is 0 Å². The lowest BCUT2D eigenvalue weighted by Crippen LogP contribution is -2.43. The van der Waals surface area contributed by atoms with Crippen LogP contribution in [0, 0.1) is 5.82 Å². The number of ether oxygens (including phenoxy) is 1. The van der Waals surface area contributed by atoms with Gasteiger partial charge >= 0.3 is 6.01 Å². The molecular formula is C31H34ClFN7O+. The van der Waals surface area contributed by atoms with Crippen LogP contribution in [-0.4, -0.2) is 86.9 Å². The molecular weight excluding hydrogens is 541 g/mol. The highest BCUT2D eigenvalue weighted by Crippen LogP contribution is 2.43. The lowest BCUT2D eigenvalue weighted by atomic mass is 9.95. The zero-order chi connectivity index (χ0) is 27.8. The number of halogens is 2. The molecule has 3 aromatic heterocycles. The molecule has 0 N–H and O–H groups in total. The molecule has 0 radical (unpaired) electrons. The van der Waals surface area contributed by atoms with Gasteiger partial charge in [-0.3, -0.25) is 19.4 Å². The first-order valence-corrected chi connectivity index (χ1v) is 15.3. The lowest BCUT2D eigenvalue weighted by Gasteiger charge is -2.31. The SMILES string of the molecule is CCC[N+]12CC1CN(c1nc(OCC34CCCN3CCC4)nc3c(F)c(-c4cncc5cccc(Cl)c45)ncc13)C2. The van der Waals surface area contributed by atoms with Crippen molar-refractivity contribution in [1.82, 2.24) is 24.8 Å². The highest BCUT2D eigenvalue weighted by Gasteiger charge is 2.61. The van der Waals surface area contributed by atoms with Crippen LogP contribution in [0.5, 0.6) is 6.01 Å². The quantitative estimate of drug-likeness (QED) is 0.215. The molecule has 4 aliphatic heterocycles. The minimum Gasteiger partial charge on any atom is -0.461 e. The Kier molecular flexibility index (Phi) is 5.89. The van der Waals surface area contributed by atoms with E-state index in [4.69, 9.17) is 26.3 Å². The fourth-order valence-corrected chi connectivity index (χ4v) is 8.20. The number of pyridine rings is 2. The Balaban J connectivity index is 1.24. The number of quaternary nitrogens is 1. The van der Waals surface area contributed by atoms with E-state index in [1.54, 1.807) is 24.7 Å². The Morgan fingerprint density at radius 1 is 1.15 bits per heavy atom. The Morgan fingerprint density at radius 2 is 2.00 bits per heavy atom. The van der Waals surface area contributed by atoms with E-state index in [1.165, 1.54) is 19.4 Å². The maximum Gasteiger partial charge on any atom is 0.319 e. The summed E-state index contributed by atoms with van der Waals surface area (Å²) in [5, 5.41) is 2.69. The third-order valence-corrected chi connectivity index (χ3v) is 10.3. The third kappa shape index (κ3) is 4.00. The third-order valence-electron chi connectivity index (χ3n) is 9.98. The Hall–Kier alpha value is -3.14. The van der Waals surface area contributed by atoms with E-state index in [0.717, 1.165) is 67.4 Å². The van der Waals surface area contributed by atoms with Gasteiger partial charge in [-0.25, -0.2) is 4.39 Å². The summed E-state index contributed by atoms with van der Waals surface area (Å²) in [7, 11) is 0. The Labute approximate surface area is 243 Å². The number of anilines is 1. The van der Waals surface area contributed by atoms with Gasteiger partial charge in [-0.15, -0.1) is 0 Å². The largest absolute Gasteiger partial charge is 0.461 e. The molecule has 4 aromatic rings. The number of hydrogen-bond acceptors (Lipinski definition) is 7. The van der Waals surface area contributed by atoms with Crippen LogP contribution in [0.25, 0.3) is 32.9 Å². The average Bonchev–Trinajstić information content (AvgIpc) is 3.28. The monoisotopic (exact) mass is 574 g/mol. The Morgan fingerprint density at radius 3 is 2.83 bits per heavy atom. The second-order valence-electron chi connectivity index (χ2n) is 12.4. The molecule has 8 nitrogen and oxygen atoms in total. The van der Waals surface area contributed by atoms with Gasteiger partial charge in [0, 0.05) is 39.9 Å². The van der Waals surface area contributed by atoms with Crippen LogP contribution >= 0.6 is 11.6 Å². The second kappa shape index (κ2) is 9.44. The van der Waals surface area contributed by atoms with Crippen molar-refractivity contribution in [3.63, 3.8) is 0 Å². The van der Waals surface area contributed by atoms with Crippen molar-refractivity contribution in [2.24, 2.45) is 0 Å². The van der Waals surface area contributed by atoms with E-state index in [0.29, 0.717) is 34.4 Å². The number of aromatic nitrogens is 4. The average molecular weight is 575 g/mol. The number of fused-ring (bicyclic) bond motifs is 4. The molecule has 0 aliphatic carbocycles. The van der Waals surface area contributed by atoms with Gasteiger partial charge < -0.3 is 9.64 Å². The maximum atomic E-state index is 16.6. The van der Waals surface area contributed by atoms with Crippen molar-refractivity contribution in [3.05, 3.63) is 47.6 Å². The van der Waals surface area contributed by atoms with E-state index in [1.807, 2.05) is 12.1 Å². The predicted octanol–water partition coefficient (Wildman–Crippen LogP) is 5.43. The highest BCUT2D eigenvalue weighted by molar-refractivity contribution is 6.36. The van der Waals surface area contributed by atoms with Gasteiger partial charge in [-0.05, 0) is 51.3 Å². The summed E-state index contributed by atoms with van der Waals surface area (Å²) in [5.74, 6) is 0.207. The molecule has 41 heavy (non-hydrogen) atoms. The van der Waals surface area contributed by atoms with Crippen molar-refractivity contribution >= 4 is 39.1 Å². The molecule has 10 heteroatoms. The number of rotatable bonds is 7. The minimum atomic E-state index is -0.506. The van der Waals surface area contributed by atoms with Gasteiger partial charge in [0.15, 0.2) is 18.5 Å². The molecule has 1 aromatic carbocycles. The van der Waals surface area contributed by atoms with Crippen LogP contribution in [0.1, 0.15) is 39.0 Å². The van der Waals surface area contributed by atoms with E-state index >= 15 is 4.39 Å². The molecule has 0 spiro atoms. The smallest absolute Gasteiger partial charge is 0.319 e. The molecule has 0 saturated carbocycles. The van der Waals surface area contributed by atoms with Crippen LogP contribution in [-0.2, 0) is 0 Å². The number of nitrogens with zero attached hydrogens (tertiary/aromatic N) is 7. The van der Waals surface area contributed by atoms with Gasteiger partial charge in [-0.1, -0.05) is 30.7 Å². The van der Waals surface area contributed by atoms with Gasteiger partial charge in [0.1, 0.15) is 30.2 Å². The summed E-state index contributed by atoms with van der Waals surface area (Å²) in [4.78, 5) is 23.5. The Bertz CT molecular complexity index is 1670. The second-order valence-corrected chi connectivity index (χ2v) is 12.8. The summed E-state index contributed by atoms with van der Waals surface area (Å²) in [6.45, 7) is 9.12. The first-order chi connectivity index (χ1) is 20.0. The molecule has 8 rings (SSSR count). The normalized spacial score (nSPS) is 24.8. The summed E-state index contributed by atoms with van der Waals surface area (Å²) in [6, 6.07) is 6.43. The van der Waals surface area contributed by atoms with E-state index in [2.05, 4.69) is 26.7 Å². The summed E-state index contributed by atoms with van der Waals surface area (Å²) >= 11 is 6.59. The number of benzene rings is 1. The summed E-state index contributed by atoms with van der Waals surface area (Å²) in [5.41, 5.74) is 0.993. The van der Waals surface area contributed by atoms with Crippen LogP contribution in [0.15, 0.2) is 36.8 Å². The molecule has 4 saturated heterocycles. The maximum absolute atomic E-state index is 16.6. The standard InChI is InChI=1S/C31H34ClFN7O/c1-2-12-40-17-21(40)16-38(19-40)29-23-15-35-27(22-14-34-13-20-6-3-7-24(32)25(20)22)26(33)28(23)36-30(37-29)41-18-31-8-4-10-39(31)11-5-9-31/h3,6-7,13-15,21H,2,4-5,8-12,16-19H2,1H3/q+1.